The third-order valence-electron chi connectivity index (χ3n) is 3.59. The van der Waals surface area contributed by atoms with Crippen LogP contribution in [0.3, 0.4) is 0 Å². The molecular weight excluding hydrogens is 258 g/mol. The standard InChI is InChI=1S/C12H20F6/c1-7-9(5,6)11(14,15)10(13,8(2,3)4)12(16,17)18/h7H2,1-6H3. The Morgan fingerprint density at radius 1 is 0.722 bits per heavy atom. The predicted molar refractivity (Wildman–Crippen MR) is 58.4 cm³/mol. The van der Waals surface area contributed by atoms with Gasteiger partial charge in [-0.25, -0.2) is 13.2 Å². The van der Waals surface area contributed by atoms with Crippen LogP contribution in [0.4, 0.5) is 26.3 Å². The Balaban J connectivity index is 6.10. The van der Waals surface area contributed by atoms with Gasteiger partial charge in [-0.15, -0.1) is 0 Å². The van der Waals surface area contributed by atoms with Crippen LogP contribution in [0, 0.1) is 10.8 Å². The van der Waals surface area contributed by atoms with E-state index in [0.29, 0.717) is 0 Å². The molecule has 0 N–H and O–H groups in total. The zero-order valence-corrected chi connectivity index (χ0v) is 11.5. The average Bonchev–Trinajstić information content (AvgIpc) is 2.12. The molecule has 0 saturated heterocycles. The molecule has 0 aromatic heterocycles. The maximum atomic E-state index is 14.4. The third-order valence-corrected chi connectivity index (χ3v) is 3.59. The molecule has 0 rings (SSSR count). The van der Waals surface area contributed by atoms with Crippen molar-refractivity contribution in [3.05, 3.63) is 0 Å². The number of rotatable bonds is 3. The summed E-state index contributed by atoms with van der Waals surface area (Å²) in [5.74, 6) is -4.52. The van der Waals surface area contributed by atoms with Gasteiger partial charge in [0.05, 0.1) is 0 Å². The maximum Gasteiger partial charge on any atom is 0.429 e. The summed E-state index contributed by atoms with van der Waals surface area (Å²) in [6, 6.07) is 0. The highest BCUT2D eigenvalue weighted by Gasteiger charge is 2.79. The molecule has 0 aromatic rings. The smallest absolute Gasteiger partial charge is 0.226 e. The van der Waals surface area contributed by atoms with Crippen molar-refractivity contribution in [2.75, 3.05) is 0 Å². The number of hydrogen-bond acceptors (Lipinski definition) is 0. The first-order valence-electron chi connectivity index (χ1n) is 5.69. The fourth-order valence-electron chi connectivity index (χ4n) is 1.76. The molecule has 0 aliphatic carbocycles. The van der Waals surface area contributed by atoms with Crippen LogP contribution in [0.15, 0.2) is 0 Å². The Hall–Kier alpha value is -0.420. The second-order valence-corrected chi connectivity index (χ2v) is 6.22. The molecule has 6 heteroatoms. The zero-order chi connectivity index (χ0) is 15.2. The van der Waals surface area contributed by atoms with Gasteiger partial charge < -0.3 is 0 Å². The third kappa shape index (κ3) is 2.23. The van der Waals surface area contributed by atoms with Gasteiger partial charge in [0.15, 0.2) is 0 Å². The lowest BCUT2D eigenvalue weighted by Crippen LogP contribution is -2.67. The first kappa shape index (κ1) is 17.6. The van der Waals surface area contributed by atoms with Gasteiger partial charge in [-0.3, -0.25) is 0 Å². The van der Waals surface area contributed by atoms with Gasteiger partial charge in [0.1, 0.15) is 0 Å². The molecule has 0 radical (unpaired) electrons. The van der Waals surface area contributed by atoms with Crippen molar-refractivity contribution in [3.63, 3.8) is 0 Å². The van der Waals surface area contributed by atoms with E-state index in [1.54, 1.807) is 0 Å². The number of alkyl halides is 6. The van der Waals surface area contributed by atoms with Crippen LogP contribution in [0.1, 0.15) is 48.0 Å². The van der Waals surface area contributed by atoms with E-state index in [0.717, 1.165) is 34.6 Å². The molecule has 0 aromatic carbocycles. The highest BCUT2D eigenvalue weighted by molar-refractivity contribution is 5.11. The average molecular weight is 278 g/mol. The summed E-state index contributed by atoms with van der Waals surface area (Å²) in [7, 11) is 0. The maximum absolute atomic E-state index is 14.4. The normalized spacial score (nSPS) is 18.7. The Morgan fingerprint density at radius 2 is 1.06 bits per heavy atom. The molecule has 18 heavy (non-hydrogen) atoms. The minimum Gasteiger partial charge on any atom is -0.226 e. The number of halogens is 6. The molecule has 0 bridgehead atoms. The Bertz CT molecular complexity index is 281. The van der Waals surface area contributed by atoms with Gasteiger partial charge in [0.25, 0.3) is 11.6 Å². The fourth-order valence-corrected chi connectivity index (χ4v) is 1.76. The number of hydrogen-bond donors (Lipinski definition) is 0. The molecule has 0 fully saturated rings. The molecule has 0 aliphatic heterocycles. The van der Waals surface area contributed by atoms with Gasteiger partial charge >= 0.3 is 6.18 Å². The highest BCUT2D eigenvalue weighted by Crippen LogP contribution is 2.61. The summed E-state index contributed by atoms with van der Waals surface area (Å²) in [6.45, 7) is 5.70. The monoisotopic (exact) mass is 278 g/mol. The van der Waals surface area contributed by atoms with Gasteiger partial charge in [-0.1, -0.05) is 41.5 Å². The highest BCUT2D eigenvalue weighted by atomic mass is 19.4. The lowest BCUT2D eigenvalue weighted by Gasteiger charge is -2.49. The van der Waals surface area contributed by atoms with Crippen molar-refractivity contribution in [1.29, 1.82) is 0 Å². The van der Waals surface area contributed by atoms with Crippen LogP contribution in [-0.4, -0.2) is 17.8 Å². The van der Waals surface area contributed by atoms with Crippen molar-refractivity contribution in [1.82, 2.24) is 0 Å². The van der Waals surface area contributed by atoms with Crippen molar-refractivity contribution < 1.29 is 26.3 Å². The molecule has 0 spiro atoms. The van der Waals surface area contributed by atoms with Crippen molar-refractivity contribution in [2.24, 2.45) is 10.8 Å². The molecule has 0 amide bonds. The second-order valence-electron chi connectivity index (χ2n) is 6.22. The SMILES string of the molecule is CCC(C)(C)C(F)(F)C(F)(C(C)(C)C)C(F)(F)F. The Labute approximate surface area is 104 Å². The summed E-state index contributed by atoms with van der Waals surface area (Å²) in [6.07, 6.45) is -5.90. The van der Waals surface area contributed by atoms with Gasteiger partial charge in [0, 0.05) is 10.8 Å². The van der Waals surface area contributed by atoms with E-state index in [2.05, 4.69) is 0 Å². The quantitative estimate of drug-likeness (QED) is 0.608. The van der Waals surface area contributed by atoms with E-state index in [9.17, 15) is 26.3 Å². The van der Waals surface area contributed by atoms with Gasteiger partial charge in [-0.05, 0) is 6.42 Å². The van der Waals surface area contributed by atoms with E-state index < -0.39 is 28.6 Å². The predicted octanol–water partition coefficient (Wildman–Crippen LogP) is 5.37. The van der Waals surface area contributed by atoms with E-state index >= 15 is 0 Å². The summed E-state index contributed by atoms with van der Waals surface area (Å²) < 4.78 is 81.4. The summed E-state index contributed by atoms with van der Waals surface area (Å²) in [5.41, 5.74) is -8.93. The minimum atomic E-state index is -5.64. The van der Waals surface area contributed by atoms with Gasteiger partial charge in [0.2, 0.25) is 0 Å². The Morgan fingerprint density at radius 3 is 1.22 bits per heavy atom. The molecule has 0 nitrogen and oxygen atoms in total. The second kappa shape index (κ2) is 4.30. The fraction of sp³-hybridized carbons (Fsp3) is 1.00. The molecule has 1 unspecified atom stereocenters. The minimum absolute atomic E-state index is 0.266. The van der Waals surface area contributed by atoms with E-state index in [-0.39, 0.29) is 6.42 Å². The lowest BCUT2D eigenvalue weighted by molar-refractivity contribution is -0.357. The summed E-state index contributed by atoms with van der Waals surface area (Å²) in [4.78, 5) is 0. The van der Waals surface area contributed by atoms with E-state index in [1.807, 2.05) is 0 Å². The van der Waals surface area contributed by atoms with Crippen molar-refractivity contribution in [3.8, 4) is 0 Å². The van der Waals surface area contributed by atoms with Crippen LogP contribution >= 0.6 is 0 Å². The lowest BCUT2D eigenvalue weighted by atomic mass is 9.65. The van der Waals surface area contributed by atoms with Gasteiger partial charge in [-0.2, -0.15) is 13.2 Å². The zero-order valence-electron chi connectivity index (χ0n) is 11.5. The Kier molecular flexibility index (Phi) is 4.20. The van der Waals surface area contributed by atoms with Crippen molar-refractivity contribution in [2.45, 2.75) is 65.7 Å². The van der Waals surface area contributed by atoms with Crippen LogP contribution in [0.5, 0.6) is 0 Å². The van der Waals surface area contributed by atoms with E-state index in [1.165, 1.54) is 6.92 Å². The molecule has 0 heterocycles. The van der Waals surface area contributed by atoms with Crippen LogP contribution in [-0.2, 0) is 0 Å². The molecule has 0 saturated carbocycles. The van der Waals surface area contributed by atoms with E-state index in [4.69, 9.17) is 0 Å². The van der Waals surface area contributed by atoms with Crippen LogP contribution in [0.25, 0.3) is 0 Å². The first-order valence-corrected chi connectivity index (χ1v) is 5.69. The largest absolute Gasteiger partial charge is 0.429 e. The van der Waals surface area contributed by atoms with Crippen molar-refractivity contribution >= 4 is 0 Å². The summed E-state index contributed by atoms with van der Waals surface area (Å²) >= 11 is 0. The molecule has 110 valence electrons. The van der Waals surface area contributed by atoms with Crippen LogP contribution in [0.2, 0.25) is 0 Å². The topological polar surface area (TPSA) is 0 Å². The molecule has 1 atom stereocenters. The molecule has 0 aliphatic rings. The van der Waals surface area contributed by atoms with Crippen LogP contribution < -0.4 is 0 Å². The first-order chi connectivity index (χ1) is 7.56. The molecular formula is C12H20F6. The summed E-state index contributed by atoms with van der Waals surface area (Å²) in [5, 5.41) is 0.